The average Bonchev–Trinajstić information content (AvgIpc) is 3.65. The smallest absolute Gasteiger partial charge is 0.251 e. The first-order valence-electron chi connectivity index (χ1n) is 18.2. The fraction of sp³-hybridized carbons (Fsp3) is 0.667. The van der Waals surface area contributed by atoms with Gasteiger partial charge in [0, 0.05) is 44.4 Å². The minimum absolute atomic E-state index is 0.0893. The van der Waals surface area contributed by atoms with Crippen molar-refractivity contribution < 1.29 is 19.1 Å². The van der Waals surface area contributed by atoms with Crippen LogP contribution in [0.2, 0.25) is 0 Å². The molecule has 3 N–H and O–H groups in total. The maximum absolute atomic E-state index is 13.3. The van der Waals surface area contributed by atoms with Crippen molar-refractivity contribution in [2.45, 2.75) is 102 Å². The molecule has 12 heteroatoms. The van der Waals surface area contributed by atoms with Crippen molar-refractivity contribution >= 4 is 35.0 Å². The Hall–Kier alpha value is -3.48. The van der Waals surface area contributed by atoms with E-state index >= 15 is 0 Å². The standard InChI is InChI=1S/C36H54N8O4/c1-4-30-35(46)42(2)31-24-38-36(41-33(31)44(30)27-9-5-6-10-27)40-29-12-11-25(23-32(29)47-3)34(45)39-26-15-20-43(21-16-26)19-7-8-22-48-28-13-17-37-18-14-28/h11-12,23-24,26-28,30,37H,4-10,13-22H2,1-3H3,(H,39,45)(H,38,40,41)/t30-/m1/s1. The molecule has 0 bridgehead atoms. The Morgan fingerprint density at radius 3 is 2.56 bits per heavy atom. The second-order valence-corrected chi connectivity index (χ2v) is 13.7. The zero-order valence-corrected chi connectivity index (χ0v) is 29.0. The molecule has 3 aliphatic heterocycles. The summed E-state index contributed by atoms with van der Waals surface area (Å²) in [6.45, 7) is 8.13. The van der Waals surface area contributed by atoms with Gasteiger partial charge in [-0.15, -0.1) is 0 Å². The van der Waals surface area contributed by atoms with E-state index in [9.17, 15) is 9.59 Å². The molecule has 1 atom stereocenters. The number of anilines is 4. The number of hydrogen-bond donors (Lipinski definition) is 3. The summed E-state index contributed by atoms with van der Waals surface area (Å²) in [7, 11) is 3.40. The first-order chi connectivity index (χ1) is 23.4. The number of carbonyl (C=O) groups excluding carboxylic acids is 2. The molecule has 0 unspecified atom stereocenters. The third-order valence-electron chi connectivity index (χ3n) is 10.6. The topological polar surface area (TPSA) is 124 Å². The largest absolute Gasteiger partial charge is 0.495 e. The molecule has 0 radical (unpaired) electrons. The molecular weight excluding hydrogens is 608 g/mol. The van der Waals surface area contributed by atoms with E-state index in [0.717, 1.165) is 109 Å². The highest BCUT2D eigenvalue weighted by Crippen LogP contribution is 2.40. The van der Waals surface area contributed by atoms with Crippen molar-refractivity contribution in [3.05, 3.63) is 30.0 Å². The molecule has 262 valence electrons. The number of hydrogen-bond acceptors (Lipinski definition) is 10. The van der Waals surface area contributed by atoms with E-state index in [4.69, 9.17) is 14.5 Å². The summed E-state index contributed by atoms with van der Waals surface area (Å²) in [5.74, 6) is 1.74. The fourth-order valence-electron chi connectivity index (χ4n) is 7.72. The molecule has 1 aliphatic carbocycles. The van der Waals surface area contributed by atoms with E-state index in [2.05, 4.69) is 37.7 Å². The molecular formula is C36H54N8O4. The van der Waals surface area contributed by atoms with Gasteiger partial charge in [0.05, 0.1) is 25.1 Å². The lowest BCUT2D eigenvalue weighted by molar-refractivity contribution is -0.120. The molecule has 12 nitrogen and oxygen atoms in total. The highest BCUT2D eigenvalue weighted by molar-refractivity contribution is 6.04. The maximum Gasteiger partial charge on any atom is 0.251 e. The summed E-state index contributed by atoms with van der Waals surface area (Å²) in [5.41, 5.74) is 1.95. The van der Waals surface area contributed by atoms with Gasteiger partial charge in [0.2, 0.25) is 11.9 Å². The number of fused-ring (bicyclic) bond motifs is 1. The number of likely N-dealkylation sites (N-methyl/N-ethyl adjacent to an activating group) is 1. The van der Waals surface area contributed by atoms with E-state index < -0.39 is 0 Å². The average molecular weight is 663 g/mol. The van der Waals surface area contributed by atoms with Gasteiger partial charge in [-0.05, 0) is 95.6 Å². The zero-order chi connectivity index (χ0) is 33.5. The molecule has 1 saturated carbocycles. The second kappa shape index (κ2) is 16.3. The van der Waals surface area contributed by atoms with Gasteiger partial charge >= 0.3 is 0 Å². The van der Waals surface area contributed by atoms with Crippen LogP contribution in [0.5, 0.6) is 5.75 Å². The lowest BCUT2D eigenvalue weighted by Gasteiger charge is -2.43. The van der Waals surface area contributed by atoms with Gasteiger partial charge in [-0.2, -0.15) is 4.98 Å². The van der Waals surface area contributed by atoms with Crippen LogP contribution in [-0.2, 0) is 9.53 Å². The van der Waals surface area contributed by atoms with Gasteiger partial charge in [-0.1, -0.05) is 19.8 Å². The molecule has 2 aromatic rings. The number of benzene rings is 1. The van der Waals surface area contributed by atoms with Crippen LogP contribution in [0.15, 0.2) is 24.4 Å². The van der Waals surface area contributed by atoms with Crippen LogP contribution in [-0.4, -0.2) is 104 Å². The van der Waals surface area contributed by atoms with Crippen LogP contribution in [0.25, 0.3) is 0 Å². The van der Waals surface area contributed by atoms with E-state index in [-0.39, 0.29) is 23.9 Å². The third-order valence-corrected chi connectivity index (χ3v) is 10.6. The Morgan fingerprint density at radius 1 is 1.06 bits per heavy atom. The van der Waals surface area contributed by atoms with Crippen molar-refractivity contribution in [1.29, 1.82) is 0 Å². The lowest BCUT2D eigenvalue weighted by atomic mass is 10.0. The van der Waals surface area contributed by atoms with Crippen molar-refractivity contribution in [2.75, 3.05) is 68.6 Å². The van der Waals surface area contributed by atoms with Crippen molar-refractivity contribution in [1.82, 2.24) is 25.5 Å². The van der Waals surface area contributed by atoms with Crippen LogP contribution in [0.1, 0.15) is 87.9 Å². The van der Waals surface area contributed by atoms with E-state index in [1.54, 1.807) is 31.3 Å². The maximum atomic E-state index is 13.3. The quantitative estimate of drug-likeness (QED) is 0.265. The van der Waals surface area contributed by atoms with E-state index in [1.807, 2.05) is 12.1 Å². The van der Waals surface area contributed by atoms with Crippen molar-refractivity contribution in [2.24, 2.45) is 0 Å². The Balaban J connectivity index is 1.02. The monoisotopic (exact) mass is 662 g/mol. The number of unbranched alkanes of at least 4 members (excludes halogenated alkanes) is 1. The predicted octanol–water partition coefficient (Wildman–Crippen LogP) is 4.48. The van der Waals surface area contributed by atoms with Crippen LogP contribution < -0.4 is 30.5 Å². The highest BCUT2D eigenvalue weighted by atomic mass is 16.5. The predicted molar refractivity (Wildman–Crippen MR) is 189 cm³/mol. The van der Waals surface area contributed by atoms with Gasteiger partial charge in [0.25, 0.3) is 5.91 Å². The summed E-state index contributed by atoms with van der Waals surface area (Å²) in [4.78, 5) is 42.4. The number of ether oxygens (including phenoxy) is 2. The molecule has 6 rings (SSSR count). The normalized spacial score (nSPS) is 21.4. The van der Waals surface area contributed by atoms with Crippen LogP contribution in [0.3, 0.4) is 0 Å². The van der Waals surface area contributed by atoms with Crippen LogP contribution in [0, 0.1) is 0 Å². The van der Waals surface area contributed by atoms with Gasteiger partial charge in [-0.3, -0.25) is 9.59 Å². The van der Waals surface area contributed by atoms with Gasteiger partial charge in [0.1, 0.15) is 17.5 Å². The minimum atomic E-state index is -0.234. The SMILES string of the molecule is CC[C@@H]1C(=O)N(C)c2cnc(Nc3ccc(C(=O)NC4CCN(CCCCOC5CCNCC5)CC4)cc3OC)nc2N1C1CCCC1. The number of nitrogens with one attached hydrogen (secondary N) is 3. The number of carbonyl (C=O) groups is 2. The van der Waals surface area contributed by atoms with Crippen LogP contribution >= 0.6 is 0 Å². The third kappa shape index (κ3) is 8.03. The number of methoxy groups -OCH3 is 1. The van der Waals surface area contributed by atoms with E-state index in [1.165, 1.54) is 12.8 Å². The molecule has 2 amide bonds. The lowest BCUT2D eigenvalue weighted by Crippen LogP contribution is -2.55. The summed E-state index contributed by atoms with van der Waals surface area (Å²) in [6, 6.07) is 5.63. The number of nitrogens with zero attached hydrogens (tertiary/aromatic N) is 5. The summed E-state index contributed by atoms with van der Waals surface area (Å²) in [5, 5.41) is 9.94. The number of aromatic nitrogens is 2. The molecule has 4 aliphatic rings. The molecule has 0 spiro atoms. The van der Waals surface area contributed by atoms with E-state index in [0.29, 0.717) is 35.1 Å². The first kappa shape index (κ1) is 34.4. The second-order valence-electron chi connectivity index (χ2n) is 13.7. The molecule has 4 heterocycles. The summed E-state index contributed by atoms with van der Waals surface area (Å²) >= 11 is 0. The Morgan fingerprint density at radius 2 is 1.83 bits per heavy atom. The Bertz CT molecular complexity index is 1390. The van der Waals surface area contributed by atoms with Crippen molar-refractivity contribution in [3.63, 3.8) is 0 Å². The summed E-state index contributed by atoms with van der Waals surface area (Å²) in [6.07, 6.45) is 13.7. The molecule has 1 aromatic carbocycles. The molecule has 2 saturated heterocycles. The Kier molecular flexibility index (Phi) is 11.7. The first-order valence-corrected chi connectivity index (χ1v) is 18.2. The summed E-state index contributed by atoms with van der Waals surface area (Å²) < 4.78 is 11.7. The molecule has 1 aromatic heterocycles. The number of amides is 2. The molecule has 3 fully saturated rings. The van der Waals surface area contributed by atoms with Gasteiger partial charge in [-0.25, -0.2) is 4.98 Å². The number of likely N-dealkylation sites (tertiary alicyclic amines) is 1. The van der Waals surface area contributed by atoms with Gasteiger partial charge in [0.15, 0.2) is 5.82 Å². The van der Waals surface area contributed by atoms with Crippen molar-refractivity contribution in [3.8, 4) is 5.75 Å². The molecule has 48 heavy (non-hydrogen) atoms. The fourth-order valence-corrected chi connectivity index (χ4v) is 7.72. The number of piperidine rings is 2. The minimum Gasteiger partial charge on any atom is -0.495 e. The van der Waals surface area contributed by atoms with Crippen LogP contribution in [0.4, 0.5) is 23.1 Å². The zero-order valence-electron chi connectivity index (χ0n) is 29.0. The Labute approximate surface area is 285 Å². The number of rotatable bonds is 13. The van der Waals surface area contributed by atoms with Gasteiger partial charge < -0.3 is 40.1 Å². The highest BCUT2D eigenvalue weighted by Gasteiger charge is 2.41.